The van der Waals surface area contributed by atoms with Gasteiger partial charge in [0.1, 0.15) is 0 Å². The van der Waals surface area contributed by atoms with Crippen molar-refractivity contribution >= 4 is 97.0 Å². The van der Waals surface area contributed by atoms with E-state index in [2.05, 4.69) is 36.4 Å². The van der Waals surface area contributed by atoms with Crippen molar-refractivity contribution in [2.45, 2.75) is 0 Å². The third kappa shape index (κ3) is 11.9. The van der Waals surface area contributed by atoms with Gasteiger partial charge in [0.25, 0.3) is 0 Å². The van der Waals surface area contributed by atoms with Crippen LogP contribution in [0, 0.1) is 0 Å². The number of fused-ring (bicyclic) bond motifs is 9. The van der Waals surface area contributed by atoms with Gasteiger partial charge in [-0.15, -0.1) is 0 Å². The molecular formula is C108H72. The van der Waals surface area contributed by atoms with Crippen LogP contribution in [0.3, 0.4) is 0 Å². The van der Waals surface area contributed by atoms with Crippen LogP contribution in [0.1, 0.15) is 64.4 Å². The number of benzene rings is 21. The van der Waals surface area contributed by atoms with Gasteiger partial charge in [0, 0.05) is 0 Å². The van der Waals surface area contributed by atoms with Crippen molar-refractivity contribution in [3.63, 3.8) is 0 Å². The summed E-state index contributed by atoms with van der Waals surface area (Å²) in [5, 5.41) is 0.0236. The molecule has 0 aliphatic carbocycles. The zero-order valence-electron chi connectivity index (χ0n) is 103. The molecule has 0 spiro atoms. The Labute approximate surface area is 695 Å². The van der Waals surface area contributed by atoms with Crippen LogP contribution in [0.2, 0.25) is 0 Å². The van der Waals surface area contributed by atoms with E-state index in [1.54, 1.807) is 42.5 Å². The molecule has 0 aromatic heterocycles. The molecule has 0 atom stereocenters. The van der Waals surface area contributed by atoms with Gasteiger partial charge >= 0.3 is 0 Å². The topological polar surface area (TPSA) is 0 Å². The minimum Gasteiger partial charge on any atom is -0.0622 e. The summed E-state index contributed by atoms with van der Waals surface area (Å²) in [6.07, 6.45) is 0. The normalized spacial score (nSPS) is 17.4. The maximum absolute atomic E-state index is 9.85. The minimum atomic E-state index is -0.953. The first-order valence-corrected chi connectivity index (χ1v) is 33.5. The van der Waals surface area contributed by atoms with E-state index in [1.807, 2.05) is 66.7 Å². The molecule has 0 fully saturated rings. The van der Waals surface area contributed by atoms with Gasteiger partial charge in [0.05, 0.1) is 64.4 Å². The van der Waals surface area contributed by atoms with Crippen LogP contribution in [0.15, 0.2) is 436 Å². The van der Waals surface area contributed by atoms with Crippen LogP contribution in [0.5, 0.6) is 0 Å². The minimum absolute atomic E-state index is 0.0473. The number of hydrogen-bond donors (Lipinski definition) is 0. The lowest BCUT2D eigenvalue weighted by Crippen LogP contribution is -1.91. The molecule has 21 aromatic rings. The van der Waals surface area contributed by atoms with Gasteiger partial charge < -0.3 is 0 Å². The molecule has 21 aromatic carbocycles. The molecule has 0 N–H and O–H groups in total. The average Bonchev–Trinajstić information content (AvgIpc) is 0.683. The summed E-state index contributed by atoms with van der Waals surface area (Å²) in [5.41, 5.74) is -0.787. The molecule has 0 nitrogen and oxygen atoms in total. The molecule has 0 aliphatic heterocycles. The van der Waals surface area contributed by atoms with Gasteiger partial charge in [-0.25, -0.2) is 0 Å². The van der Waals surface area contributed by atoms with Gasteiger partial charge in [-0.05, 0) is 215 Å². The molecule has 0 saturated heterocycles. The summed E-state index contributed by atoms with van der Waals surface area (Å²) in [5.74, 6) is 0. The quantitative estimate of drug-likeness (QED) is 0.126. The van der Waals surface area contributed by atoms with Crippen molar-refractivity contribution in [2.75, 3.05) is 0 Å². The molecule has 0 radical (unpaired) electrons. The fourth-order valence-electron chi connectivity index (χ4n) is 13.9. The molecule has 0 bridgehead atoms. The van der Waals surface area contributed by atoms with Crippen LogP contribution in [-0.4, -0.2) is 0 Å². The highest BCUT2D eigenvalue weighted by molar-refractivity contribution is 6.25. The third-order valence-corrected chi connectivity index (χ3v) is 18.4. The van der Waals surface area contributed by atoms with E-state index in [0.29, 0.717) is 21.9 Å². The Bertz CT molecular complexity index is 9830. The molecule has 0 unspecified atom stereocenters. The zero-order valence-corrected chi connectivity index (χ0v) is 55.9. The van der Waals surface area contributed by atoms with Gasteiger partial charge in [-0.1, -0.05) is 418 Å². The Hall–Kier alpha value is -14.0. The average molecular weight is 1420 g/mol. The van der Waals surface area contributed by atoms with E-state index in [-0.39, 0.29) is 57.5 Å². The van der Waals surface area contributed by atoms with Crippen molar-refractivity contribution in [3.8, 4) is 100 Å². The highest BCUT2D eigenvalue weighted by atomic mass is 14.3. The molecule has 0 amide bonds. The van der Waals surface area contributed by atoms with Crippen LogP contribution in [-0.2, 0) is 0 Å². The summed E-state index contributed by atoms with van der Waals surface area (Å²) in [4.78, 5) is 0. The predicted molar refractivity (Wildman–Crippen MR) is 466 cm³/mol. The second-order valence-electron chi connectivity index (χ2n) is 24.4. The van der Waals surface area contributed by atoms with Gasteiger partial charge in [-0.3, -0.25) is 0 Å². The van der Waals surface area contributed by atoms with E-state index >= 15 is 0 Å². The lowest BCUT2D eigenvalue weighted by Gasteiger charge is -2.19. The zero-order chi connectivity index (χ0) is 113. The van der Waals surface area contributed by atoms with Gasteiger partial charge in [0.2, 0.25) is 0 Å². The largest absolute Gasteiger partial charge is 0.0636 e. The van der Waals surface area contributed by atoms with E-state index in [1.165, 1.54) is 0 Å². The highest BCUT2D eigenvalue weighted by Gasteiger charge is 2.22. The van der Waals surface area contributed by atoms with Crippen molar-refractivity contribution in [2.24, 2.45) is 0 Å². The Kier molecular flexibility index (Phi) is 8.49. The number of rotatable bonds is 9. The summed E-state index contributed by atoms with van der Waals surface area (Å²) < 4.78 is 412. The highest BCUT2D eigenvalue weighted by Crippen LogP contribution is 2.50. The first-order valence-electron chi connectivity index (χ1n) is 57.0. The third-order valence-electron chi connectivity index (χ3n) is 18.4. The van der Waals surface area contributed by atoms with Crippen molar-refractivity contribution in [3.05, 3.63) is 436 Å². The van der Waals surface area contributed by atoms with E-state index in [0.717, 1.165) is 49.9 Å². The van der Waals surface area contributed by atoms with Crippen molar-refractivity contribution in [1.29, 1.82) is 0 Å². The SMILES string of the molecule is [2H]c1c([2H])c([2H])c(-c2c3c([2H])c([2H])c([2H])c([2H])c3c(-c3c([2H])c([2H])c([2H])c([2H])c3[2H])c3c([2H])c(-c4cccc5ccccc45)c([2H])c([2H])c23)c([2H])c1[2H].[2H]c1c([2H])c([2H])c2c(-c3ccc4c(-c5ccccc5)c5ccccc5c(-c5ccccc5)c4c3)c([2H])c([2H])c([2H])c2c1[2H].[2H]c1cc(-c2c([2H])c([2H])c3c(-c4c([2H])c([2H])c([2H])c([2H])c4[2H])c4c([2H])c([2H])c([2H])c([2H])c4c(-c4c([2H])c([2H])c([2H])c([2H])c4[2H])c3c2[2H])c2c([2H])c([2H])c([2H])c([2H])c2c1[2H]. The van der Waals surface area contributed by atoms with Crippen LogP contribution < -0.4 is 0 Å². The second-order valence-corrected chi connectivity index (χ2v) is 24.4. The van der Waals surface area contributed by atoms with E-state index < -0.39 is 358 Å². The molecular weight excluding hydrogens is 1300 g/mol. The first-order chi connectivity index (χ1) is 73.2. The monoisotopic (exact) mass is 1420 g/mol. The molecule has 0 heterocycles. The summed E-state index contributed by atoms with van der Waals surface area (Å²) in [6, 6.07) is 12.3. The molecule has 108 heavy (non-hydrogen) atoms. The van der Waals surface area contributed by atoms with Crippen molar-refractivity contribution in [1.82, 2.24) is 0 Å². The molecule has 0 aliphatic rings. The standard InChI is InChI=1S/3C36H24/c3*1-3-13-26(14-4-1)35-31-19-9-10-20-32(31)36(27-15-5-2-6-16-27)34-24-28(22-23-33(34)35)30-21-11-17-25-12-7-8-18-29(25)30/h3*1-24H/i1D,2D,3D,4D,5D,6D,7D,8D,9D,10D,11D,12D,13D,14D,15D,16D,17D,18D,19D,20D,22D,23D,24D;1D,2D,3D,4D,5D,6D,9D,10D,13D,14D,15D,16D,19D,20D,22D,23D,24D;7D,8D,11D,12D,17D,18D,21D. The van der Waals surface area contributed by atoms with Crippen LogP contribution in [0.4, 0.5) is 0 Å². The maximum Gasteiger partial charge on any atom is 0.0636 e. The summed E-state index contributed by atoms with van der Waals surface area (Å²) in [7, 11) is 0. The lowest BCUT2D eigenvalue weighted by molar-refractivity contribution is 1.64. The molecule has 21 rings (SSSR count). The van der Waals surface area contributed by atoms with E-state index in [9.17, 15) is 11.0 Å². The van der Waals surface area contributed by atoms with Crippen LogP contribution in [0.25, 0.3) is 197 Å². The van der Waals surface area contributed by atoms with Crippen molar-refractivity contribution < 1.29 is 64.4 Å². The van der Waals surface area contributed by atoms with Gasteiger partial charge in [0.15, 0.2) is 0 Å². The molecule has 0 heteroatoms. The predicted octanol–water partition coefficient (Wildman–Crippen LogP) is 30.4. The number of hydrogen-bond acceptors (Lipinski definition) is 0. The van der Waals surface area contributed by atoms with Gasteiger partial charge in [-0.2, -0.15) is 0 Å². The summed E-state index contributed by atoms with van der Waals surface area (Å²) in [6.45, 7) is 0. The van der Waals surface area contributed by atoms with E-state index in [4.69, 9.17) is 53.5 Å². The lowest BCUT2D eigenvalue weighted by atomic mass is 9.84. The Morgan fingerprint density at radius 1 is 0.139 bits per heavy atom. The fraction of sp³-hybridized carbons (Fsp3) is 0. The summed E-state index contributed by atoms with van der Waals surface area (Å²) >= 11 is 0. The Morgan fingerprint density at radius 3 is 0.972 bits per heavy atom. The molecule has 504 valence electrons. The van der Waals surface area contributed by atoms with Crippen LogP contribution >= 0.6 is 0 Å². The Morgan fingerprint density at radius 2 is 0.481 bits per heavy atom. The molecule has 0 saturated carbocycles. The Balaban J connectivity index is 0.000000146. The second kappa shape index (κ2) is 28.5. The fourth-order valence-corrected chi connectivity index (χ4v) is 13.9. The maximum atomic E-state index is 9.85. The smallest absolute Gasteiger partial charge is 0.0622 e. The first kappa shape index (κ1) is 32.1.